The van der Waals surface area contributed by atoms with Crippen LogP contribution in [0.25, 0.3) is 0 Å². The van der Waals surface area contributed by atoms with Gasteiger partial charge in [0.25, 0.3) is 0 Å². The number of hydrogen-bond acceptors (Lipinski definition) is 3. The van der Waals surface area contributed by atoms with Gasteiger partial charge in [0, 0.05) is 0 Å². The summed E-state index contributed by atoms with van der Waals surface area (Å²) >= 11 is 0. The van der Waals surface area contributed by atoms with E-state index in [-0.39, 0.29) is 28.5 Å². The molecule has 0 aliphatic rings. The number of hydrogen-bond donors (Lipinski definition) is 1. The molecule has 0 unspecified atom stereocenters. The van der Waals surface area contributed by atoms with Crippen LogP contribution in [0.1, 0.15) is 5.56 Å². The number of aryl methyl sites for hydroxylation is 1. The predicted octanol–water partition coefficient (Wildman–Crippen LogP) is 2.10. The Morgan fingerprint density at radius 1 is 1.45 bits per heavy atom. The third-order valence-corrected chi connectivity index (χ3v) is 1.23. The standard InChI is InChI=1S/C7H7NO2.Cu/c1-5-2-3-7(9)6(4-5)8-10;/h2-4,9H,1H3;/q;+2. The molecule has 1 radical (unpaired) electrons. The Morgan fingerprint density at radius 2 is 2.09 bits per heavy atom. The Labute approximate surface area is 74.9 Å². The van der Waals surface area contributed by atoms with Crippen molar-refractivity contribution in [1.29, 1.82) is 0 Å². The second-order valence-corrected chi connectivity index (χ2v) is 2.08. The van der Waals surface area contributed by atoms with Crippen LogP contribution in [0.2, 0.25) is 0 Å². The summed E-state index contributed by atoms with van der Waals surface area (Å²) < 4.78 is 0. The summed E-state index contributed by atoms with van der Waals surface area (Å²) in [5, 5.41) is 11.6. The zero-order valence-corrected chi connectivity index (χ0v) is 6.78. The van der Waals surface area contributed by atoms with E-state index in [1.165, 1.54) is 12.1 Å². The van der Waals surface area contributed by atoms with E-state index < -0.39 is 0 Å². The first-order valence-electron chi connectivity index (χ1n) is 2.87. The van der Waals surface area contributed by atoms with Gasteiger partial charge in [0.05, 0.1) is 0 Å². The summed E-state index contributed by atoms with van der Waals surface area (Å²) in [6.45, 7) is 1.83. The topological polar surface area (TPSA) is 49.7 Å². The SMILES string of the molecule is Cc1ccc(O)c(N=O)c1.[Cu+2]. The second-order valence-electron chi connectivity index (χ2n) is 2.08. The third kappa shape index (κ3) is 2.33. The minimum absolute atomic E-state index is 0. The minimum Gasteiger partial charge on any atom is -0.506 e. The molecule has 1 rings (SSSR count). The van der Waals surface area contributed by atoms with Crippen LogP contribution >= 0.6 is 0 Å². The number of aromatic hydroxyl groups is 1. The molecule has 0 bridgehead atoms. The molecule has 0 atom stereocenters. The van der Waals surface area contributed by atoms with Crippen LogP contribution in [0.4, 0.5) is 5.69 Å². The molecule has 3 nitrogen and oxygen atoms in total. The fraction of sp³-hybridized carbons (Fsp3) is 0.143. The van der Waals surface area contributed by atoms with Crippen molar-refractivity contribution in [2.24, 2.45) is 5.18 Å². The van der Waals surface area contributed by atoms with Crippen molar-refractivity contribution in [3.05, 3.63) is 28.7 Å². The maximum absolute atomic E-state index is 9.97. The number of benzene rings is 1. The average Bonchev–Trinajstić information content (AvgIpc) is 1.94. The molecule has 0 saturated carbocycles. The largest absolute Gasteiger partial charge is 2.00 e. The molecule has 11 heavy (non-hydrogen) atoms. The number of rotatable bonds is 1. The number of nitroso groups, excluding NO2 is 1. The van der Waals surface area contributed by atoms with Crippen molar-refractivity contribution in [3.8, 4) is 5.75 Å². The number of phenolic OH excluding ortho intramolecular Hbond substituents is 1. The van der Waals surface area contributed by atoms with Gasteiger partial charge in [-0.25, -0.2) is 0 Å². The molecule has 0 amide bonds. The van der Waals surface area contributed by atoms with Gasteiger partial charge in [-0.3, -0.25) is 0 Å². The van der Waals surface area contributed by atoms with Crippen LogP contribution in [-0.4, -0.2) is 5.11 Å². The first-order chi connectivity index (χ1) is 4.74. The van der Waals surface area contributed by atoms with Crippen LogP contribution < -0.4 is 0 Å². The number of phenols is 1. The Bertz CT molecular complexity index is 263. The van der Waals surface area contributed by atoms with Crippen LogP contribution in [0, 0.1) is 11.8 Å². The molecule has 1 aromatic rings. The van der Waals surface area contributed by atoms with E-state index in [2.05, 4.69) is 5.18 Å². The van der Waals surface area contributed by atoms with Crippen LogP contribution in [-0.2, 0) is 17.1 Å². The molecule has 1 N–H and O–H groups in total. The molecule has 0 heterocycles. The van der Waals surface area contributed by atoms with Gasteiger partial charge in [-0.1, -0.05) is 6.07 Å². The zero-order valence-electron chi connectivity index (χ0n) is 5.84. The van der Waals surface area contributed by atoms with Gasteiger partial charge in [-0.15, -0.1) is 4.91 Å². The van der Waals surface area contributed by atoms with Crippen molar-refractivity contribution in [2.75, 3.05) is 0 Å². The van der Waals surface area contributed by atoms with Gasteiger partial charge in [0.2, 0.25) is 0 Å². The fourth-order valence-corrected chi connectivity index (χ4v) is 0.707. The third-order valence-electron chi connectivity index (χ3n) is 1.23. The van der Waals surface area contributed by atoms with E-state index in [0.29, 0.717) is 0 Å². The summed E-state index contributed by atoms with van der Waals surface area (Å²) in [5.74, 6) is -0.0689. The monoisotopic (exact) mass is 200 g/mol. The summed E-state index contributed by atoms with van der Waals surface area (Å²) in [6, 6.07) is 4.69. The summed E-state index contributed by atoms with van der Waals surface area (Å²) in [7, 11) is 0. The normalized spacial score (nSPS) is 8.45. The molecule has 0 fully saturated rings. The van der Waals surface area contributed by atoms with E-state index in [9.17, 15) is 4.91 Å². The average molecular weight is 201 g/mol. The Hall–Kier alpha value is -0.861. The quantitative estimate of drug-likeness (QED) is 0.558. The van der Waals surface area contributed by atoms with Crippen molar-refractivity contribution in [2.45, 2.75) is 6.92 Å². The van der Waals surface area contributed by atoms with Crippen molar-refractivity contribution >= 4 is 5.69 Å². The molecule has 0 aromatic heterocycles. The molecule has 1 aromatic carbocycles. The molecular formula is C7H7CuNO2+2. The van der Waals surface area contributed by atoms with Crippen molar-refractivity contribution in [1.82, 2.24) is 0 Å². The van der Waals surface area contributed by atoms with E-state index >= 15 is 0 Å². The van der Waals surface area contributed by atoms with Crippen LogP contribution in [0.5, 0.6) is 5.75 Å². The molecule has 4 heteroatoms. The smallest absolute Gasteiger partial charge is 0.506 e. The maximum Gasteiger partial charge on any atom is 2.00 e. The van der Waals surface area contributed by atoms with Gasteiger partial charge in [0.1, 0.15) is 11.4 Å². The first-order valence-corrected chi connectivity index (χ1v) is 2.87. The summed E-state index contributed by atoms with van der Waals surface area (Å²) in [5.41, 5.74) is 1.01. The summed E-state index contributed by atoms with van der Waals surface area (Å²) in [6.07, 6.45) is 0. The predicted molar refractivity (Wildman–Crippen MR) is 38.3 cm³/mol. The summed E-state index contributed by atoms with van der Waals surface area (Å²) in [4.78, 5) is 9.97. The van der Waals surface area contributed by atoms with E-state index in [1.54, 1.807) is 6.07 Å². The number of nitrogens with zero attached hydrogens (tertiary/aromatic N) is 1. The molecular weight excluding hydrogens is 194 g/mol. The molecule has 0 aliphatic heterocycles. The fourth-order valence-electron chi connectivity index (χ4n) is 0.707. The van der Waals surface area contributed by atoms with Gasteiger partial charge in [-0.05, 0) is 29.8 Å². The molecule has 0 spiro atoms. The molecule has 0 saturated heterocycles. The van der Waals surface area contributed by atoms with Crippen molar-refractivity contribution < 1.29 is 22.2 Å². The van der Waals surface area contributed by atoms with Crippen molar-refractivity contribution in [3.63, 3.8) is 0 Å². The Balaban J connectivity index is 0.000001000. The maximum atomic E-state index is 9.97. The first kappa shape index (κ1) is 10.1. The second kappa shape index (κ2) is 4.11. The van der Waals surface area contributed by atoms with Gasteiger partial charge in [-0.2, -0.15) is 0 Å². The Kier molecular flexibility index (Phi) is 3.79. The minimum atomic E-state index is -0.0689. The van der Waals surface area contributed by atoms with Gasteiger partial charge < -0.3 is 5.11 Å². The van der Waals surface area contributed by atoms with E-state index in [0.717, 1.165) is 5.56 Å². The van der Waals surface area contributed by atoms with Gasteiger partial charge in [0.15, 0.2) is 0 Å². The van der Waals surface area contributed by atoms with Crippen LogP contribution in [0.15, 0.2) is 23.4 Å². The molecule has 0 aliphatic carbocycles. The zero-order chi connectivity index (χ0) is 7.56. The van der Waals surface area contributed by atoms with Crippen LogP contribution in [0.3, 0.4) is 0 Å². The molecule has 61 valence electrons. The van der Waals surface area contributed by atoms with Gasteiger partial charge >= 0.3 is 17.1 Å². The Morgan fingerprint density at radius 3 is 2.55 bits per heavy atom. The van der Waals surface area contributed by atoms with E-state index in [1.807, 2.05) is 6.92 Å². The van der Waals surface area contributed by atoms with E-state index in [4.69, 9.17) is 5.11 Å².